The molecule has 0 bridgehead atoms. The Bertz CT molecular complexity index is 906. The molecule has 8 nitrogen and oxygen atoms in total. The molecule has 0 radical (unpaired) electrons. The topological polar surface area (TPSA) is 96.0 Å². The highest BCUT2D eigenvalue weighted by Gasteiger charge is 2.53. The van der Waals surface area contributed by atoms with Gasteiger partial charge in [-0.25, -0.2) is 9.59 Å². The van der Waals surface area contributed by atoms with Crippen molar-refractivity contribution < 1.29 is 23.9 Å². The number of urea groups is 1. The number of fused-ring (bicyclic) bond motifs is 1. The minimum Gasteiger partial charge on any atom is -0.467 e. The van der Waals surface area contributed by atoms with Gasteiger partial charge in [0.2, 0.25) is 5.91 Å². The van der Waals surface area contributed by atoms with Crippen LogP contribution in [0, 0.1) is 5.92 Å². The van der Waals surface area contributed by atoms with Crippen LogP contribution in [0.4, 0.5) is 4.79 Å². The second-order valence-corrected chi connectivity index (χ2v) is 8.79. The zero-order valence-corrected chi connectivity index (χ0v) is 18.1. The van der Waals surface area contributed by atoms with E-state index in [4.69, 9.17) is 4.74 Å². The maximum absolute atomic E-state index is 13.2. The largest absolute Gasteiger partial charge is 0.467 e. The van der Waals surface area contributed by atoms with Crippen molar-refractivity contribution in [2.45, 2.75) is 63.6 Å². The van der Waals surface area contributed by atoms with Gasteiger partial charge in [0.05, 0.1) is 7.11 Å². The molecular formula is C23H29N3O5. The molecule has 3 aliphatic rings. The first-order chi connectivity index (χ1) is 14.9. The third kappa shape index (κ3) is 3.79. The maximum Gasteiger partial charge on any atom is 0.328 e. The maximum atomic E-state index is 13.2. The molecule has 2 fully saturated rings. The number of carbonyl (C=O) groups excluding carboxylic acids is 4. The summed E-state index contributed by atoms with van der Waals surface area (Å²) >= 11 is 0. The molecule has 8 heteroatoms. The van der Waals surface area contributed by atoms with Crippen LogP contribution >= 0.6 is 0 Å². The van der Waals surface area contributed by atoms with Crippen molar-refractivity contribution in [3.8, 4) is 0 Å². The average Bonchev–Trinajstić information content (AvgIpc) is 3.02. The molecule has 1 N–H and O–H groups in total. The molecule has 0 aromatic heterocycles. The van der Waals surface area contributed by atoms with E-state index in [0.29, 0.717) is 25.2 Å². The van der Waals surface area contributed by atoms with Gasteiger partial charge in [0.1, 0.15) is 18.1 Å². The molecule has 4 rings (SSSR count). The Morgan fingerprint density at radius 2 is 1.84 bits per heavy atom. The Hall–Kier alpha value is -2.90. The van der Waals surface area contributed by atoms with Crippen molar-refractivity contribution in [2.24, 2.45) is 5.92 Å². The summed E-state index contributed by atoms with van der Waals surface area (Å²) in [5, 5.41) is 2.86. The summed E-state index contributed by atoms with van der Waals surface area (Å²) < 4.78 is 4.92. The summed E-state index contributed by atoms with van der Waals surface area (Å²) in [7, 11) is 1.29. The number of benzene rings is 1. The SMILES string of the molecule is CCC1CCC2(CC1)NC(=O)N(CC(=O)N1Cc3ccccc3C[C@H]1C(=O)OC)C2=O. The Labute approximate surface area is 181 Å². The fourth-order valence-corrected chi connectivity index (χ4v) is 5.10. The smallest absolute Gasteiger partial charge is 0.328 e. The van der Waals surface area contributed by atoms with Crippen LogP contribution in [0.2, 0.25) is 0 Å². The van der Waals surface area contributed by atoms with Gasteiger partial charge in [0.25, 0.3) is 5.91 Å². The molecule has 2 aliphatic heterocycles. The van der Waals surface area contributed by atoms with Crippen molar-refractivity contribution in [3.05, 3.63) is 35.4 Å². The minimum atomic E-state index is -0.890. The highest BCUT2D eigenvalue weighted by molar-refractivity contribution is 6.09. The first-order valence-electron chi connectivity index (χ1n) is 11.0. The van der Waals surface area contributed by atoms with E-state index < -0.39 is 29.5 Å². The number of carbonyl (C=O) groups is 4. The molecule has 1 saturated heterocycles. The van der Waals surface area contributed by atoms with E-state index in [1.54, 1.807) is 0 Å². The summed E-state index contributed by atoms with van der Waals surface area (Å²) in [5.41, 5.74) is 1.05. The fraction of sp³-hybridized carbons (Fsp3) is 0.565. The second-order valence-electron chi connectivity index (χ2n) is 8.79. The van der Waals surface area contributed by atoms with Gasteiger partial charge in [0.15, 0.2) is 0 Å². The zero-order valence-electron chi connectivity index (χ0n) is 18.1. The monoisotopic (exact) mass is 427 g/mol. The number of hydrogen-bond acceptors (Lipinski definition) is 5. The van der Waals surface area contributed by atoms with Crippen LogP contribution < -0.4 is 5.32 Å². The molecule has 0 unspecified atom stereocenters. The molecule has 166 valence electrons. The number of nitrogens with zero attached hydrogens (tertiary/aromatic N) is 2. The second kappa shape index (κ2) is 8.32. The third-order valence-electron chi connectivity index (χ3n) is 7.12. The van der Waals surface area contributed by atoms with Gasteiger partial charge in [-0.15, -0.1) is 0 Å². The van der Waals surface area contributed by atoms with Gasteiger partial charge in [-0.2, -0.15) is 0 Å². The molecule has 1 aromatic carbocycles. The molecule has 1 atom stereocenters. The number of esters is 1. The molecule has 1 aliphatic carbocycles. The zero-order chi connectivity index (χ0) is 22.2. The minimum absolute atomic E-state index is 0.238. The highest BCUT2D eigenvalue weighted by Crippen LogP contribution is 2.37. The summed E-state index contributed by atoms with van der Waals surface area (Å²) in [4.78, 5) is 53.8. The van der Waals surface area contributed by atoms with E-state index in [-0.39, 0.29) is 19.0 Å². The lowest BCUT2D eigenvalue weighted by Crippen LogP contribution is -2.53. The third-order valence-corrected chi connectivity index (χ3v) is 7.12. The summed E-state index contributed by atoms with van der Waals surface area (Å²) in [6.07, 6.45) is 4.38. The van der Waals surface area contributed by atoms with Crippen LogP contribution in [-0.2, 0) is 32.1 Å². The van der Waals surface area contributed by atoms with Gasteiger partial charge in [-0.1, -0.05) is 37.6 Å². The normalized spacial score (nSPS) is 27.8. The summed E-state index contributed by atoms with van der Waals surface area (Å²) in [5.74, 6) is -0.699. The number of methoxy groups -OCH3 is 1. The standard InChI is InChI=1S/C23H29N3O5/c1-3-15-8-10-23(11-9-15)21(29)26(22(30)24-23)14-19(27)25-13-17-7-5-4-6-16(17)12-18(25)20(28)31-2/h4-7,15,18H,3,8-14H2,1-2H3,(H,24,30)/t15?,18-,23?/m0/s1. The molecule has 2 heterocycles. The van der Waals surface area contributed by atoms with Gasteiger partial charge in [-0.3, -0.25) is 14.5 Å². The predicted molar refractivity (Wildman–Crippen MR) is 112 cm³/mol. The highest BCUT2D eigenvalue weighted by atomic mass is 16.5. The first-order valence-corrected chi connectivity index (χ1v) is 11.0. The lowest BCUT2D eigenvalue weighted by Gasteiger charge is -2.36. The van der Waals surface area contributed by atoms with Crippen LogP contribution in [0.5, 0.6) is 0 Å². The van der Waals surface area contributed by atoms with Crippen molar-refractivity contribution >= 4 is 23.8 Å². The number of ether oxygens (including phenoxy) is 1. The van der Waals surface area contributed by atoms with Crippen molar-refractivity contribution in [3.63, 3.8) is 0 Å². The predicted octanol–water partition coefficient (Wildman–Crippen LogP) is 2.00. The van der Waals surface area contributed by atoms with Crippen LogP contribution in [0.3, 0.4) is 0 Å². The molecular weight excluding hydrogens is 398 g/mol. The number of rotatable bonds is 4. The van der Waals surface area contributed by atoms with Crippen LogP contribution in [0.1, 0.15) is 50.2 Å². The van der Waals surface area contributed by atoms with Crippen LogP contribution in [0.25, 0.3) is 0 Å². The van der Waals surface area contributed by atoms with Gasteiger partial charge < -0.3 is 15.0 Å². The average molecular weight is 428 g/mol. The lowest BCUT2D eigenvalue weighted by atomic mass is 9.75. The summed E-state index contributed by atoms with van der Waals surface area (Å²) in [6.45, 7) is 2.00. The molecule has 4 amide bonds. The first kappa shape index (κ1) is 21.3. The van der Waals surface area contributed by atoms with E-state index in [0.717, 1.165) is 35.3 Å². The van der Waals surface area contributed by atoms with Gasteiger partial charge in [-0.05, 0) is 42.7 Å². The van der Waals surface area contributed by atoms with E-state index >= 15 is 0 Å². The Morgan fingerprint density at radius 3 is 2.48 bits per heavy atom. The Morgan fingerprint density at radius 1 is 1.16 bits per heavy atom. The molecule has 1 spiro atoms. The van der Waals surface area contributed by atoms with E-state index in [1.807, 2.05) is 24.3 Å². The van der Waals surface area contributed by atoms with E-state index in [2.05, 4.69) is 12.2 Å². The molecule has 1 aromatic rings. The van der Waals surface area contributed by atoms with E-state index in [1.165, 1.54) is 12.0 Å². The summed E-state index contributed by atoms with van der Waals surface area (Å²) in [6, 6.07) is 6.32. The van der Waals surface area contributed by atoms with Crippen molar-refractivity contribution in [2.75, 3.05) is 13.7 Å². The number of amides is 4. The number of nitrogens with one attached hydrogen (secondary N) is 1. The molecule has 1 saturated carbocycles. The van der Waals surface area contributed by atoms with Gasteiger partial charge in [0, 0.05) is 13.0 Å². The number of imide groups is 1. The van der Waals surface area contributed by atoms with Crippen molar-refractivity contribution in [1.29, 1.82) is 0 Å². The Balaban J connectivity index is 1.51. The van der Waals surface area contributed by atoms with Crippen LogP contribution in [0.15, 0.2) is 24.3 Å². The quantitative estimate of drug-likeness (QED) is 0.586. The van der Waals surface area contributed by atoms with Gasteiger partial charge >= 0.3 is 12.0 Å². The fourth-order valence-electron chi connectivity index (χ4n) is 5.10. The lowest BCUT2D eigenvalue weighted by molar-refractivity contribution is -0.154. The number of hydrogen-bond donors (Lipinski definition) is 1. The van der Waals surface area contributed by atoms with Crippen LogP contribution in [-0.4, -0.2) is 58.8 Å². The Kier molecular flexibility index (Phi) is 5.73. The van der Waals surface area contributed by atoms with Crippen molar-refractivity contribution in [1.82, 2.24) is 15.1 Å². The molecule has 31 heavy (non-hydrogen) atoms. The van der Waals surface area contributed by atoms with E-state index in [9.17, 15) is 19.2 Å².